The highest BCUT2D eigenvalue weighted by Crippen LogP contribution is 2.44. The predicted molar refractivity (Wildman–Crippen MR) is 54.1 cm³/mol. The van der Waals surface area contributed by atoms with Crippen molar-refractivity contribution in [1.29, 1.82) is 0 Å². The molecular formula is C11H19NO2. The van der Waals surface area contributed by atoms with Crippen LogP contribution in [0.15, 0.2) is 0 Å². The number of carbonyl (C=O) groups is 1. The molecule has 3 heteroatoms. The average Bonchev–Trinajstić information content (AvgIpc) is 2.40. The minimum absolute atomic E-state index is 0.00808. The molecule has 2 rings (SSSR count). The molecule has 0 amide bonds. The fraction of sp³-hybridized carbons (Fsp3) is 0.909. The van der Waals surface area contributed by atoms with Crippen LogP contribution < -0.4 is 5.32 Å². The Morgan fingerprint density at radius 2 is 2.00 bits per heavy atom. The van der Waals surface area contributed by atoms with Gasteiger partial charge in [0.05, 0.1) is 0 Å². The van der Waals surface area contributed by atoms with Crippen molar-refractivity contribution in [3.8, 4) is 0 Å². The lowest BCUT2D eigenvalue weighted by molar-refractivity contribution is -0.140. The topological polar surface area (TPSA) is 49.3 Å². The van der Waals surface area contributed by atoms with Crippen molar-refractivity contribution in [1.82, 2.24) is 5.32 Å². The number of fused-ring (bicyclic) bond motifs is 1. The average molecular weight is 197 g/mol. The summed E-state index contributed by atoms with van der Waals surface area (Å²) in [6, 6.07) is -0.310. The Labute approximate surface area is 84.9 Å². The molecule has 1 aliphatic carbocycles. The van der Waals surface area contributed by atoms with E-state index in [2.05, 4.69) is 19.2 Å². The number of nitrogens with one attached hydrogen (secondary N) is 1. The van der Waals surface area contributed by atoms with Gasteiger partial charge in [0, 0.05) is 5.54 Å². The monoisotopic (exact) mass is 197 g/mol. The number of hydrogen-bond acceptors (Lipinski definition) is 2. The van der Waals surface area contributed by atoms with Crippen LogP contribution in [0, 0.1) is 11.8 Å². The van der Waals surface area contributed by atoms with Gasteiger partial charge in [-0.25, -0.2) is 0 Å². The summed E-state index contributed by atoms with van der Waals surface area (Å²) in [5, 5.41) is 12.4. The second kappa shape index (κ2) is 3.23. The Hall–Kier alpha value is -0.570. The molecule has 0 aromatic rings. The molecule has 3 nitrogen and oxygen atoms in total. The quantitative estimate of drug-likeness (QED) is 0.671. The van der Waals surface area contributed by atoms with E-state index in [9.17, 15) is 4.79 Å². The summed E-state index contributed by atoms with van der Waals surface area (Å²) in [5.74, 6) is 0.237. The van der Waals surface area contributed by atoms with Gasteiger partial charge in [0.2, 0.25) is 0 Å². The molecule has 1 saturated heterocycles. The van der Waals surface area contributed by atoms with Crippen LogP contribution in [0.4, 0.5) is 0 Å². The summed E-state index contributed by atoms with van der Waals surface area (Å²) >= 11 is 0. The Bertz CT molecular complexity index is 250. The van der Waals surface area contributed by atoms with E-state index in [4.69, 9.17) is 5.11 Å². The van der Waals surface area contributed by atoms with Crippen LogP contribution >= 0.6 is 0 Å². The van der Waals surface area contributed by atoms with E-state index in [0.717, 1.165) is 6.42 Å². The van der Waals surface area contributed by atoms with E-state index in [0.29, 0.717) is 11.8 Å². The molecule has 0 spiro atoms. The first-order valence-electron chi connectivity index (χ1n) is 5.53. The van der Waals surface area contributed by atoms with E-state index in [1.54, 1.807) is 0 Å². The lowest BCUT2D eigenvalue weighted by atomic mass is 9.72. The molecule has 3 atom stereocenters. The Kier molecular flexibility index (Phi) is 2.30. The number of hydrogen-bond donors (Lipinski definition) is 2. The molecule has 2 aliphatic rings. The number of carboxylic acids is 1. The maximum Gasteiger partial charge on any atom is 0.321 e. The maximum atomic E-state index is 11.1. The molecule has 80 valence electrons. The van der Waals surface area contributed by atoms with E-state index in [1.165, 1.54) is 19.3 Å². The molecule has 0 bridgehead atoms. The van der Waals surface area contributed by atoms with Gasteiger partial charge in [0.15, 0.2) is 0 Å². The van der Waals surface area contributed by atoms with Gasteiger partial charge in [-0.05, 0) is 38.5 Å². The molecule has 0 radical (unpaired) electrons. The van der Waals surface area contributed by atoms with E-state index in [1.807, 2.05) is 0 Å². The zero-order chi connectivity index (χ0) is 10.3. The van der Waals surface area contributed by atoms with Crippen molar-refractivity contribution in [2.75, 3.05) is 0 Å². The van der Waals surface area contributed by atoms with Crippen molar-refractivity contribution >= 4 is 5.97 Å². The van der Waals surface area contributed by atoms with Gasteiger partial charge < -0.3 is 5.11 Å². The largest absolute Gasteiger partial charge is 0.480 e. The van der Waals surface area contributed by atoms with E-state index >= 15 is 0 Å². The minimum Gasteiger partial charge on any atom is -0.480 e. The highest BCUT2D eigenvalue weighted by Gasteiger charge is 2.50. The van der Waals surface area contributed by atoms with Crippen LogP contribution in [0.1, 0.15) is 39.5 Å². The van der Waals surface area contributed by atoms with Gasteiger partial charge in [0.25, 0.3) is 0 Å². The van der Waals surface area contributed by atoms with Gasteiger partial charge >= 0.3 is 5.97 Å². The Balaban J connectivity index is 2.21. The predicted octanol–water partition coefficient (Wildman–Crippen LogP) is 1.63. The van der Waals surface area contributed by atoms with Crippen molar-refractivity contribution in [2.24, 2.45) is 11.8 Å². The summed E-state index contributed by atoms with van der Waals surface area (Å²) in [5.41, 5.74) is 0.00808. The zero-order valence-electron chi connectivity index (χ0n) is 8.92. The molecule has 1 heterocycles. The minimum atomic E-state index is -0.674. The zero-order valence-corrected chi connectivity index (χ0v) is 8.92. The molecule has 1 saturated carbocycles. The second-order valence-electron chi connectivity index (χ2n) is 5.24. The third-order valence-electron chi connectivity index (χ3n) is 3.97. The molecule has 1 aliphatic heterocycles. The molecule has 0 aromatic heterocycles. The highest BCUT2D eigenvalue weighted by molar-refractivity contribution is 5.74. The third-order valence-corrected chi connectivity index (χ3v) is 3.97. The van der Waals surface area contributed by atoms with Crippen molar-refractivity contribution in [3.63, 3.8) is 0 Å². The molecule has 2 fully saturated rings. The van der Waals surface area contributed by atoms with E-state index in [-0.39, 0.29) is 11.6 Å². The summed E-state index contributed by atoms with van der Waals surface area (Å²) in [6.45, 7) is 4.28. The number of rotatable bonds is 1. The maximum absolute atomic E-state index is 11.1. The van der Waals surface area contributed by atoms with Crippen LogP contribution in [0.5, 0.6) is 0 Å². The van der Waals surface area contributed by atoms with Crippen LogP contribution in [0.3, 0.4) is 0 Å². The molecule has 0 unspecified atom stereocenters. The van der Waals surface area contributed by atoms with Gasteiger partial charge in [0.1, 0.15) is 6.04 Å². The standard InChI is InChI=1S/C11H19NO2/c1-11(2)8-6-4-3-5-7(8)9(12-11)10(13)14/h7-9,12H,3-6H2,1-2H3,(H,13,14)/t7-,8-,9+/m1/s1. The number of aliphatic carboxylic acids is 1. The van der Waals surface area contributed by atoms with Crippen molar-refractivity contribution < 1.29 is 9.90 Å². The van der Waals surface area contributed by atoms with E-state index < -0.39 is 5.97 Å². The van der Waals surface area contributed by atoms with Gasteiger partial charge in [-0.2, -0.15) is 0 Å². The summed E-state index contributed by atoms with van der Waals surface area (Å²) in [6.07, 6.45) is 4.73. The lowest BCUT2D eigenvalue weighted by Crippen LogP contribution is -2.43. The normalized spacial score (nSPS) is 40.6. The van der Waals surface area contributed by atoms with Crippen LogP contribution in [-0.2, 0) is 4.79 Å². The Morgan fingerprint density at radius 3 is 2.64 bits per heavy atom. The van der Waals surface area contributed by atoms with Crippen LogP contribution in [-0.4, -0.2) is 22.7 Å². The summed E-state index contributed by atoms with van der Waals surface area (Å²) < 4.78 is 0. The third kappa shape index (κ3) is 1.44. The number of carboxylic acid groups (broad SMARTS) is 1. The first-order chi connectivity index (χ1) is 6.52. The fourth-order valence-corrected chi connectivity index (χ4v) is 3.31. The fourth-order valence-electron chi connectivity index (χ4n) is 3.31. The smallest absolute Gasteiger partial charge is 0.321 e. The van der Waals surface area contributed by atoms with Crippen molar-refractivity contribution in [3.05, 3.63) is 0 Å². The summed E-state index contributed by atoms with van der Waals surface area (Å²) in [7, 11) is 0. The Morgan fingerprint density at radius 1 is 1.36 bits per heavy atom. The first kappa shape index (κ1) is 9.97. The lowest BCUT2D eigenvalue weighted by Gasteiger charge is -2.33. The molecule has 14 heavy (non-hydrogen) atoms. The molecule has 2 N–H and O–H groups in total. The first-order valence-corrected chi connectivity index (χ1v) is 5.53. The highest BCUT2D eigenvalue weighted by atomic mass is 16.4. The van der Waals surface area contributed by atoms with Gasteiger partial charge in [-0.3, -0.25) is 10.1 Å². The van der Waals surface area contributed by atoms with Crippen molar-refractivity contribution in [2.45, 2.75) is 51.1 Å². The molecular weight excluding hydrogens is 178 g/mol. The second-order valence-corrected chi connectivity index (χ2v) is 5.24. The van der Waals surface area contributed by atoms with Crippen LogP contribution in [0.25, 0.3) is 0 Å². The SMILES string of the molecule is CC1(C)N[C@H](C(=O)O)[C@@H]2CCCC[C@H]21. The van der Waals surface area contributed by atoms with Gasteiger partial charge in [-0.15, -0.1) is 0 Å². The molecule has 0 aromatic carbocycles. The van der Waals surface area contributed by atoms with Gasteiger partial charge in [-0.1, -0.05) is 12.8 Å². The summed E-state index contributed by atoms with van der Waals surface area (Å²) in [4.78, 5) is 11.1. The van der Waals surface area contributed by atoms with Crippen LogP contribution in [0.2, 0.25) is 0 Å².